The van der Waals surface area contributed by atoms with Gasteiger partial charge in [0.25, 0.3) is 5.91 Å². The summed E-state index contributed by atoms with van der Waals surface area (Å²) >= 11 is 0. The van der Waals surface area contributed by atoms with Gasteiger partial charge in [-0.05, 0) is 61.9 Å². The molecule has 1 amide bonds. The average Bonchev–Trinajstić information content (AvgIpc) is 2.75. The largest absolute Gasteiger partial charge is 0.427 e. The van der Waals surface area contributed by atoms with Crippen LogP contribution in [0.4, 0.5) is 5.69 Å². The highest BCUT2D eigenvalue weighted by Gasteiger charge is 2.13. The van der Waals surface area contributed by atoms with Gasteiger partial charge in [-0.2, -0.15) is 0 Å². The number of carbonyl (C=O) groups is 3. The Bertz CT molecular complexity index is 1060. The van der Waals surface area contributed by atoms with Crippen molar-refractivity contribution in [2.75, 3.05) is 5.32 Å². The fourth-order valence-corrected chi connectivity index (χ4v) is 2.97. The fraction of sp³-hybridized carbons (Fsp3) is 0.160. The lowest BCUT2D eigenvalue weighted by Crippen LogP contribution is -2.12. The standard InChI is InChI=1S/C25H23NO4/c1-17-8-9-18(2)22(16-17)23(27)14-15-24(28)30-21-12-10-20(11-13-21)26-25(29)19-6-4-3-5-7-19/h3-13,16H,14-15H2,1-2H3,(H,26,29). The number of ether oxygens (including phenoxy) is 1. The summed E-state index contributed by atoms with van der Waals surface area (Å²) in [4.78, 5) is 36.7. The summed E-state index contributed by atoms with van der Waals surface area (Å²) in [5.74, 6) is -0.413. The van der Waals surface area contributed by atoms with Crippen molar-refractivity contribution in [3.05, 3.63) is 95.1 Å². The van der Waals surface area contributed by atoms with E-state index in [2.05, 4.69) is 5.32 Å². The van der Waals surface area contributed by atoms with Gasteiger partial charge in [0.05, 0.1) is 6.42 Å². The minimum Gasteiger partial charge on any atom is -0.427 e. The molecule has 5 heteroatoms. The second-order valence-corrected chi connectivity index (χ2v) is 7.06. The Labute approximate surface area is 175 Å². The van der Waals surface area contributed by atoms with Crippen LogP contribution in [0.15, 0.2) is 72.8 Å². The normalized spacial score (nSPS) is 10.3. The van der Waals surface area contributed by atoms with Gasteiger partial charge in [-0.15, -0.1) is 0 Å². The number of Topliss-reactive ketones (excluding diaryl/α,β-unsaturated/α-hetero) is 1. The van der Waals surface area contributed by atoms with Gasteiger partial charge < -0.3 is 10.1 Å². The monoisotopic (exact) mass is 401 g/mol. The first-order valence-corrected chi connectivity index (χ1v) is 9.70. The first kappa shape index (κ1) is 21.0. The maximum Gasteiger partial charge on any atom is 0.311 e. The lowest BCUT2D eigenvalue weighted by molar-refractivity contribution is -0.134. The number of hydrogen-bond acceptors (Lipinski definition) is 4. The van der Waals surface area contributed by atoms with E-state index in [1.165, 1.54) is 0 Å². The maximum absolute atomic E-state index is 12.4. The topological polar surface area (TPSA) is 72.5 Å². The van der Waals surface area contributed by atoms with Crippen LogP contribution in [0.2, 0.25) is 0 Å². The molecule has 0 unspecified atom stereocenters. The lowest BCUT2D eigenvalue weighted by atomic mass is 9.99. The van der Waals surface area contributed by atoms with Crippen molar-refractivity contribution in [2.45, 2.75) is 26.7 Å². The highest BCUT2D eigenvalue weighted by atomic mass is 16.5. The average molecular weight is 401 g/mol. The van der Waals surface area contributed by atoms with Crippen LogP contribution < -0.4 is 10.1 Å². The minimum absolute atomic E-state index is 0.00128. The van der Waals surface area contributed by atoms with Crippen LogP contribution in [0.25, 0.3) is 0 Å². The Morgan fingerprint density at radius 3 is 2.23 bits per heavy atom. The van der Waals surface area contributed by atoms with Crippen LogP contribution in [0.5, 0.6) is 5.75 Å². The molecule has 0 heterocycles. The third-order valence-electron chi connectivity index (χ3n) is 4.63. The maximum atomic E-state index is 12.4. The van der Waals surface area contributed by atoms with E-state index in [0.29, 0.717) is 22.6 Å². The zero-order chi connectivity index (χ0) is 21.5. The molecule has 0 aliphatic heterocycles. The quantitative estimate of drug-likeness (QED) is 0.339. The summed E-state index contributed by atoms with van der Waals surface area (Å²) in [7, 11) is 0. The van der Waals surface area contributed by atoms with Crippen LogP contribution in [0, 0.1) is 13.8 Å². The predicted octanol–water partition coefficient (Wildman–Crippen LogP) is 5.12. The summed E-state index contributed by atoms with van der Waals surface area (Å²) < 4.78 is 5.30. The van der Waals surface area contributed by atoms with Crippen LogP contribution in [0.3, 0.4) is 0 Å². The number of amides is 1. The first-order valence-electron chi connectivity index (χ1n) is 9.70. The molecular weight excluding hydrogens is 378 g/mol. The zero-order valence-corrected chi connectivity index (χ0v) is 17.0. The lowest BCUT2D eigenvalue weighted by Gasteiger charge is -2.08. The molecule has 5 nitrogen and oxygen atoms in total. The van der Waals surface area contributed by atoms with E-state index in [-0.39, 0.29) is 24.5 Å². The van der Waals surface area contributed by atoms with Gasteiger partial charge >= 0.3 is 5.97 Å². The Kier molecular flexibility index (Phi) is 6.75. The van der Waals surface area contributed by atoms with Crippen LogP contribution in [-0.2, 0) is 4.79 Å². The Hall–Kier alpha value is -3.73. The smallest absolute Gasteiger partial charge is 0.311 e. The fourth-order valence-electron chi connectivity index (χ4n) is 2.97. The van der Waals surface area contributed by atoms with E-state index in [1.807, 2.05) is 38.1 Å². The molecule has 0 saturated heterocycles. The Morgan fingerprint density at radius 2 is 1.53 bits per heavy atom. The van der Waals surface area contributed by atoms with Gasteiger partial charge in [-0.25, -0.2) is 0 Å². The number of benzene rings is 3. The second kappa shape index (κ2) is 9.65. The molecular formula is C25H23NO4. The number of esters is 1. The molecule has 152 valence electrons. The summed E-state index contributed by atoms with van der Waals surface area (Å²) in [5, 5.41) is 2.78. The van der Waals surface area contributed by atoms with Crippen molar-refractivity contribution in [3.63, 3.8) is 0 Å². The molecule has 0 aliphatic carbocycles. The molecule has 0 aliphatic rings. The molecule has 3 aromatic carbocycles. The van der Waals surface area contributed by atoms with E-state index < -0.39 is 5.97 Å². The molecule has 3 rings (SSSR count). The molecule has 0 spiro atoms. The van der Waals surface area contributed by atoms with E-state index >= 15 is 0 Å². The SMILES string of the molecule is Cc1ccc(C)c(C(=O)CCC(=O)Oc2ccc(NC(=O)c3ccccc3)cc2)c1. The molecule has 0 fully saturated rings. The number of nitrogens with one attached hydrogen (secondary N) is 1. The van der Waals surface area contributed by atoms with Crippen LogP contribution in [0.1, 0.15) is 44.7 Å². The minimum atomic E-state index is -0.477. The summed E-state index contributed by atoms with van der Waals surface area (Å²) in [5.41, 5.74) is 3.69. The summed E-state index contributed by atoms with van der Waals surface area (Å²) in [6.07, 6.45) is 0.0903. The van der Waals surface area contributed by atoms with Gasteiger partial charge in [-0.3, -0.25) is 14.4 Å². The highest BCUT2D eigenvalue weighted by molar-refractivity contribution is 6.04. The van der Waals surface area contributed by atoms with Gasteiger partial charge in [-0.1, -0.05) is 35.9 Å². The summed E-state index contributed by atoms with van der Waals surface area (Å²) in [6.45, 7) is 3.81. The third kappa shape index (κ3) is 5.64. The molecule has 0 radical (unpaired) electrons. The van der Waals surface area contributed by atoms with Crippen LogP contribution in [-0.4, -0.2) is 17.7 Å². The molecule has 0 saturated carbocycles. The Morgan fingerprint density at radius 1 is 0.833 bits per heavy atom. The molecule has 1 N–H and O–H groups in total. The molecule has 3 aromatic rings. The number of carbonyl (C=O) groups excluding carboxylic acids is 3. The van der Waals surface area contributed by atoms with Gasteiger partial charge in [0.2, 0.25) is 0 Å². The summed E-state index contributed by atoms with van der Waals surface area (Å²) in [6, 6.07) is 21.1. The number of rotatable bonds is 7. The Balaban J connectivity index is 1.51. The van der Waals surface area contributed by atoms with Gasteiger partial charge in [0.15, 0.2) is 5.78 Å². The van der Waals surface area contributed by atoms with Crippen molar-refractivity contribution in [2.24, 2.45) is 0 Å². The van der Waals surface area contributed by atoms with E-state index in [0.717, 1.165) is 11.1 Å². The van der Waals surface area contributed by atoms with E-state index in [1.54, 1.807) is 48.5 Å². The molecule has 0 bridgehead atoms. The van der Waals surface area contributed by atoms with Gasteiger partial charge in [0.1, 0.15) is 5.75 Å². The number of aryl methyl sites for hydroxylation is 2. The predicted molar refractivity (Wildman–Crippen MR) is 116 cm³/mol. The van der Waals surface area contributed by atoms with Crippen molar-refractivity contribution in [1.29, 1.82) is 0 Å². The first-order chi connectivity index (χ1) is 14.4. The van der Waals surface area contributed by atoms with Gasteiger partial charge in [0, 0.05) is 23.2 Å². The van der Waals surface area contributed by atoms with E-state index in [9.17, 15) is 14.4 Å². The number of anilines is 1. The molecule has 0 aromatic heterocycles. The van der Waals surface area contributed by atoms with Crippen molar-refractivity contribution >= 4 is 23.3 Å². The van der Waals surface area contributed by atoms with Crippen molar-refractivity contribution < 1.29 is 19.1 Å². The van der Waals surface area contributed by atoms with Crippen molar-refractivity contribution in [3.8, 4) is 5.75 Å². The number of ketones is 1. The molecule has 0 atom stereocenters. The molecule has 30 heavy (non-hydrogen) atoms. The van der Waals surface area contributed by atoms with E-state index in [4.69, 9.17) is 4.74 Å². The second-order valence-electron chi connectivity index (χ2n) is 7.06. The highest BCUT2D eigenvalue weighted by Crippen LogP contribution is 2.18. The third-order valence-corrected chi connectivity index (χ3v) is 4.63. The van der Waals surface area contributed by atoms with Crippen LogP contribution >= 0.6 is 0 Å². The van der Waals surface area contributed by atoms with Crippen molar-refractivity contribution in [1.82, 2.24) is 0 Å². The number of hydrogen-bond donors (Lipinski definition) is 1. The zero-order valence-electron chi connectivity index (χ0n) is 17.0.